The van der Waals surface area contributed by atoms with E-state index >= 15 is 0 Å². The van der Waals surface area contributed by atoms with Crippen LogP contribution in [0, 0.1) is 46.3 Å². The number of aliphatic hydroxyl groups is 9. The third-order valence-corrected chi connectivity index (χ3v) is 17.7. The molecule has 0 aromatic carbocycles. The van der Waals surface area contributed by atoms with Gasteiger partial charge in [-0.15, -0.1) is 0 Å². The molecule has 1 spiro atoms. The van der Waals surface area contributed by atoms with Crippen LogP contribution < -0.4 is 0 Å². The van der Waals surface area contributed by atoms with Crippen molar-refractivity contribution in [3.8, 4) is 0 Å². The fourth-order valence-electron chi connectivity index (χ4n) is 14.0. The van der Waals surface area contributed by atoms with E-state index in [0.717, 1.165) is 45.1 Å². The second-order valence-electron chi connectivity index (χ2n) is 21.2. The highest BCUT2D eigenvalue weighted by atomic mass is 16.8. The molecule has 0 aromatic heterocycles. The van der Waals surface area contributed by atoms with Crippen LogP contribution >= 0.6 is 0 Å². The molecule has 0 unspecified atom stereocenters. The highest BCUT2D eigenvalue weighted by Crippen LogP contribution is 2.70. The van der Waals surface area contributed by atoms with Crippen LogP contribution in [0.3, 0.4) is 0 Å². The van der Waals surface area contributed by atoms with Crippen molar-refractivity contribution >= 4 is 0 Å². The van der Waals surface area contributed by atoms with Gasteiger partial charge in [0.1, 0.15) is 61.0 Å². The lowest BCUT2D eigenvalue weighted by Gasteiger charge is -2.59. The molecule has 27 atom stereocenters. The summed E-state index contributed by atoms with van der Waals surface area (Å²) in [5.41, 5.74) is 1.02. The Bertz CT molecular complexity index is 1630. The maximum absolute atomic E-state index is 12.0. The molecule has 9 N–H and O–H groups in total. The van der Waals surface area contributed by atoms with Gasteiger partial charge in [0.25, 0.3) is 0 Å². The first-order valence-electron chi connectivity index (χ1n) is 23.3. The third-order valence-electron chi connectivity index (χ3n) is 17.7. The van der Waals surface area contributed by atoms with Crippen molar-refractivity contribution in [2.75, 3.05) is 13.2 Å². The normalized spacial score (nSPS) is 58.9. The summed E-state index contributed by atoms with van der Waals surface area (Å²) in [4.78, 5) is 0. The molecular formula is C45H72O17. The highest BCUT2D eigenvalue weighted by Gasteiger charge is 2.69. The number of rotatable bonds is 7. The molecule has 62 heavy (non-hydrogen) atoms. The van der Waals surface area contributed by atoms with Crippen molar-refractivity contribution in [1.29, 1.82) is 0 Å². The van der Waals surface area contributed by atoms with E-state index in [9.17, 15) is 46.0 Å². The predicted molar refractivity (Wildman–Crippen MR) is 214 cm³/mol. The van der Waals surface area contributed by atoms with Crippen molar-refractivity contribution < 1.29 is 83.9 Å². The van der Waals surface area contributed by atoms with Crippen molar-refractivity contribution in [2.45, 2.75) is 209 Å². The van der Waals surface area contributed by atoms with E-state index in [1.54, 1.807) is 0 Å². The summed E-state index contributed by atoms with van der Waals surface area (Å²) in [6, 6.07) is 0. The van der Waals surface area contributed by atoms with Gasteiger partial charge in [0.2, 0.25) is 0 Å². The molecule has 0 amide bonds. The van der Waals surface area contributed by atoms with Crippen LogP contribution in [0.5, 0.6) is 0 Å². The molecule has 0 radical (unpaired) electrons. The molecule has 5 saturated heterocycles. The first-order chi connectivity index (χ1) is 29.3. The van der Waals surface area contributed by atoms with E-state index in [2.05, 4.69) is 33.8 Å². The highest BCUT2D eigenvalue weighted by molar-refractivity contribution is 5.27. The van der Waals surface area contributed by atoms with E-state index in [0.29, 0.717) is 48.3 Å². The second-order valence-corrected chi connectivity index (χ2v) is 21.2. The Balaban J connectivity index is 0.933. The van der Waals surface area contributed by atoms with Crippen LogP contribution in [-0.2, 0) is 37.9 Å². The van der Waals surface area contributed by atoms with Crippen molar-refractivity contribution in [2.24, 2.45) is 46.3 Å². The standard InChI is InChI=1S/C45H72O17/c1-18-9-12-45(55-17-18)19(2)30-28(62-45)14-25-23-8-7-22-13-27(26(47)15-44(22,6)24(23)10-11-43(25,30)5)58-42-39(61-41-36(53)34(51)32(49)21(4)57-41)37(54)38(29(16-46)59-42)60-40-35(52)33(50)31(48)20(3)56-40/h7,18-21,23-42,46-54H,8-17H2,1-6H3/t18-,19-,20-,21-,23+,24-,25-,26+,27+,28-,29+,30-,31-,32-,33+,34+,35+,36+,37-,38+,39+,40-,41-,42+,43-,44-,45+/m0/s1. The zero-order valence-corrected chi connectivity index (χ0v) is 36.8. The van der Waals surface area contributed by atoms with Crippen molar-refractivity contribution in [3.63, 3.8) is 0 Å². The van der Waals surface area contributed by atoms with Gasteiger partial charge in [-0.3, -0.25) is 0 Å². The molecular weight excluding hydrogens is 812 g/mol. The lowest BCUT2D eigenvalue weighted by Crippen LogP contribution is -2.67. The van der Waals surface area contributed by atoms with Crippen LogP contribution in [0.2, 0.25) is 0 Å². The Labute approximate surface area is 363 Å². The van der Waals surface area contributed by atoms with Gasteiger partial charge in [0.15, 0.2) is 24.7 Å². The molecule has 9 aliphatic rings. The first-order valence-corrected chi connectivity index (χ1v) is 23.3. The zero-order valence-electron chi connectivity index (χ0n) is 36.8. The summed E-state index contributed by atoms with van der Waals surface area (Å²) < 4.78 is 49.8. The Morgan fingerprint density at radius 1 is 0.710 bits per heavy atom. The number of fused-ring (bicyclic) bond motifs is 7. The molecule has 8 fully saturated rings. The minimum atomic E-state index is -1.76. The van der Waals surface area contributed by atoms with E-state index < -0.39 is 117 Å². The van der Waals surface area contributed by atoms with E-state index in [1.165, 1.54) is 19.4 Å². The largest absolute Gasteiger partial charge is 0.394 e. The Morgan fingerprint density at radius 2 is 1.35 bits per heavy atom. The fraction of sp³-hybridized carbons (Fsp3) is 0.956. The lowest BCUT2D eigenvalue weighted by atomic mass is 9.46. The van der Waals surface area contributed by atoms with Crippen molar-refractivity contribution in [1.82, 2.24) is 0 Å². The Morgan fingerprint density at radius 3 is 1.97 bits per heavy atom. The summed E-state index contributed by atoms with van der Waals surface area (Å²) in [5.74, 6) is 2.09. The number of hydrogen-bond donors (Lipinski definition) is 9. The van der Waals surface area contributed by atoms with Gasteiger partial charge in [-0.05, 0) is 99.2 Å². The Kier molecular flexibility index (Phi) is 12.7. The quantitative estimate of drug-likeness (QED) is 0.155. The second kappa shape index (κ2) is 17.0. The van der Waals surface area contributed by atoms with E-state index in [4.69, 9.17) is 37.9 Å². The van der Waals surface area contributed by atoms with Gasteiger partial charge in [0.05, 0.1) is 43.7 Å². The third kappa shape index (κ3) is 7.40. The molecule has 4 aliphatic carbocycles. The van der Waals surface area contributed by atoms with Crippen molar-refractivity contribution in [3.05, 3.63) is 11.6 Å². The monoisotopic (exact) mass is 884 g/mol. The summed E-state index contributed by atoms with van der Waals surface area (Å²) in [7, 11) is 0. The van der Waals surface area contributed by atoms with E-state index in [1.807, 2.05) is 0 Å². The maximum atomic E-state index is 12.0. The van der Waals surface area contributed by atoms with Gasteiger partial charge in [-0.1, -0.05) is 39.3 Å². The molecule has 9 rings (SSSR count). The minimum absolute atomic E-state index is 0.128. The molecule has 354 valence electrons. The average molecular weight is 885 g/mol. The molecule has 0 bridgehead atoms. The zero-order chi connectivity index (χ0) is 44.4. The topological polar surface area (TPSA) is 256 Å². The van der Waals surface area contributed by atoms with Gasteiger partial charge >= 0.3 is 0 Å². The SMILES string of the molecule is C[C@H]1CC[C@@]2(OC1)O[C@H]1C[C@H]3[C@@H]4CC=C5C[C@@H](O[C@@H]6O[C@H](CO)[C@@H](O[C@@H]7O[C@@H](C)[C@H](O)[C@@H](O)[C@H]7O)[C@H](O)[C@H]6O[C@@H]6O[C@@H](C)[C@H](O)[C@@H](O)[C@H]6O)[C@H](O)C[C@]5(C)[C@H]4CC[C@]3(C)[C@H]1[C@@H]2C. The first kappa shape index (κ1) is 46.2. The number of allylic oxidation sites excluding steroid dienone is 1. The predicted octanol–water partition coefficient (Wildman–Crippen LogP) is 0.213. The van der Waals surface area contributed by atoms with Gasteiger partial charge in [0, 0.05) is 12.3 Å². The molecule has 5 aliphatic heterocycles. The molecule has 17 nitrogen and oxygen atoms in total. The number of aliphatic hydroxyl groups excluding tert-OH is 9. The van der Waals surface area contributed by atoms with Gasteiger partial charge in [-0.2, -0.15) is 0 Å². The van der Waals surface area contributed by atoms with Crippen LogP contribution in [0.25, 0.3) is 0 Å². The molecule has 0 aromatic rings. The molecule has 5 heterocycles. The fourth-order valence-corrected chi connectivity index (χ4v) is 14.0. The average Bonchev–Trinajstić information content (AvgIpc) is 3.69. The number of hydrogen-bond acceptors (Lipinski definition) is 17. The minimum Gasteiger partial charge on any atom is -0.394 e. The summed E-state index contributed by atoms with van der Waals surface area (Å²) in [6.07, 6.45) is -14.8. The van der Waals surface area contributed by atoms with Gasteiger partial charge < -0.3 is 83.9 Å². The summed E-state index contributed by atoms with van der Waals surface area (Å²) in [5, 5.41) is 97.9. The van der Waals surface area contributed by atoms with Crippen LogP contribution in [0.1, 0.15) is 92.9 Å². The van der Waals surface area contributed by atoms with Crippen LogP contribution in [0.4, 0.5) is 0 Å². The summed E-state index contributed by atoms with van der Waals surface area (Å²) in [6.45, 7) is 12.4. The van der Waals surface area contributed by atoms with E-state index in [-0.39, 0.29) is 16.9 Å². The maximum Gasteiger partial charge on any atom is 0.187 e. The Hall–Kier alpha value is -0.940. The van der Waals surface area contributed by atoms with Crippen LogP contribution in [0.15, 0.2) is 11.6 Å². The smallest absolute Gasteiger partial charge is 0.187 e. The van der Waals surface area contributed by atoms with Crippen LogP contribution in [-0.4, -0.2) is 175 Å². The molecule has 17 heteroatoms. The number of ether oxygens (including phenoxy) is 8. The summed E-state index contributed by atoms with van der Waals surface area (Å²) >= 11 is 0. The lowest BCUT2D eigenvalue weighted by molar-refractivity contribution is -0.390. The molecule has 3 saturated carbocycles. The van der Waals surface area contributed by atoms with Gasteiger partial charge in [-0.25, -0.2) is 0 Å².